The number of benzene rings is 2. The van der Waals surface area contributed by atoms with Crippen molar-refractivity contribution in [2.24, 2.45) is 0 Å². The Bertz CT molecular complexity index is 733. The molecule has 0 atom stereocenters. The van der Waals surface area contributed by atoms with Gasteiger partial charge in [0.2, 0.25) is 0 Å². The minimum atomic E-state index is -0.480. The Labute approximate surface area is 141 Å². The quantitative estimate of drug-likeness (QED) is 0.607. The number of hydrogen-bond donors (Lipinski definition) is 2. The van der Waals surface area contributed by atoms with Gasteiger partial charge in [0.1, 0.15) is 11.6 Å². The topological polar surface area (TPSA) is 64.9 Å². The molecular formula is C16H11BrClN3O. The highest BCUT2D eigenvalue weighted by atomic mass is 79.9. The van der Waals surface area contributed by atoms with Crippen molar-refractivity contribution in [3.05, 3.63) is 69.8 Å². The lowest BCUT2D eigenvalue weighted by molar-refractivity contribution is -0.112. The Balaban J connectivity index is 2.05. The van der Waals surface area contributed by atoms with E-state index in [1.165, 1.54) is 6.20 Å². The van der Waals surface area contributed by atoms with Crippen molar-refractivity contribution in [2.75, 3.05) is 10.6 Å². The van der Waals surface area contributed by atoms with E-state index in [9.17, 15) is 4.79 Å². The van der Waals surface area contributed by atoms with Crippen LogP contribution in [0.15, 0.2) is 64.8 Å². The molecule has 0 unspecified atom stereocenters. The first-order valence-corrected chi connectivity index (χ1v) is 7.45. The highest BCUT2D eigenvalue weighted by molar-refractivity contribution is 9.10. The summed E-state index contributed by atoms with van der Waals surface area (Å²) in [5.41, 5.74) is 1.31. The number of nitriles is 1. The fourth-order valence-electron chi connectivity index (χ4n) is 1.58. The number of carbonyl (C=O) groups excluding carboxylic acids is 1. The van der Waals surface area contributed by atoms with Gasteiger partial charge in [0.05, 0.1) is 0 Å². The van der Waals surface area contributed by atoms with E-state index in [1.54, 1.807) is 48.5 Å². The Hall–Kier alpha value is -2.29. The molecule has 2 rings (SSSR count). The normalized spacial score (nSPS) is 10.7. The Morgan fingerprint density at radius 3 is 2.27 bits per heavy atom. The first-order chi connectivity index (χ1) is 10.6. The van der Waals surface area contributed by atoms with Crippen molar-refractivity contribution >= 4 is 44.8 Å². The molecule has 6 heteroatoms. The Morgan fingerprint density at radius 1 is 1.09 bits per heavy atom. The van der Waals surface area contributed by atoms with Gasteiger partial charge in [0, 0.05) is 27.1 Å². The first kappa shape index (κ1) is 16.1. The van der Waals surface area contributed by atoms with E-state index >= 15 is 0 Å². The molecule has 0 aliphatic carbocycles. The summed E-state index contributed by atoms with van der Waals surface area (Å²) in [6.45, 7) is 0. The second kappa shape index (κ2) is 7.64. The third kappa shape index (κ3) is 4.62. The van der Waals surface area contributed by atoms with Crippen molar-refractivity contribution in [2.45, 2.75) is 0 Å². The molecule has 0 spiro atoms. The van der Waals surface area contributed by atoms with Crippen LogP contribution in [0.4, 0.5) is 11.4 Å². The summed E-state index contributed by atoms with van der Waals surface area (Å²) in [4.78, 5) is 12.0. The van der Waals surface area contributed by atoms with Gasteiger partial charge < -0.3 is 10.6 Å². The van der Waals surface area contributed by atoms with Gasteiger partial charge in [-0.3, -0.25) is 4.79 Å². The van der Waals surface area contributed by atoms with Gasteiger partial charge in [0.15, 0.2) is 0 Å². The number of nitrogens with zero attached hydrogens (tertiary/aromatic N) is 1. The summed E-state index contributed by atoms with van der Waals surface area (Å²) in [5.74, 6) is -0.480. The van der Waals surface area contributed by atoms with Crippen LogP contribution >= 0.6 is 27.5 Å². The monoisotopic (exact) mass is 375 g/mol. The van der Waals surface area contributed by atoms with E-state index in [0.717, 1.165) is 10.2 Å². The van der Waals surface area contributed by atoms with Gasteiger partial charge >= 0.3 is 0 Å². The predicted octanol–water partition coefficient (Wildman–Crippen LogP) is 4.56. The third-order valence-electron chi connectivity index (χ3n) is 2.69. The zero-order valence-corrected chi connectivity index (χ0v) is 13.6. The van der Waals surface area contributed by atoms with E-state index in [4.69, 9.17) is 16.9 Å². The van der Waals surface area contributed by atoms with Crippen LogP contribution in [-0.4, -0.2) is 5.91 Å². The predicted molar refractivity (Wildman–Crippen MR) is 91.5 cm³/mol. The number of nitrogens with one attached hydrogen (secondary N) is 2. The molecule has 22 heavy (non-hydrogen) atoms. The summed E-state index contributed by atoms with van der Waals surface area (Å²) in [6, 6.07) is 15.9. The number of anilines is 2. The van der Waals surface area contributed by atoms with Crippen LogP contribution in [0.2, 0.25) is 5.02 Å². The van der Waals surface area contributed by atoms with Gasteiger partial charge in [-0.05, 0) is 48.5 Å². The third-order valence-corrected chi connectivity index (χ3v) is 3.48. The number of carbonyl (C=O) groups is 1. The maximum absolute atomic E-state index is 12.0. The molecule has 0 aliphatic rings. The van der Waals surface area contributed by atoms with Crippen molar-refractivity contribution in [3.63, 3.8) is 0 Å². The van der Waals surface area contributed by atoms with Crippen molar-refractivity contribution in [3.8, 4) is 6.07 Å². The zero-order valence-electron chi connectivity index (χ0n) is 11.3. The summed E-state index contributed by atoms with van der Waals surface area (Å²) >= 11 is 9.10. The van der Waals surface area contributed by atoms with Crippen LogP contribution < -0.4 is 10.6 Å². The minimum Gasteiger partial charge on any atom is -0.360 e. The fourth-order valence-corrected chi connectivity index (χ4v) is 1.97. The van der Waals surface area contributed by atoms with Crippen molar-refractivity contribution in [1.82, 2.24) is 0 Å². The lowest BCUT2D eigenvalue weighted by Crippen LogP contribution is -2.14. The van der Waals surface area contributed by atoms with Crippen LogP contribution in [0.5, 0.6) is 0 Å². The van der Waals surface area contributed by atoms with E-state index < -0.39 is 5.91 Å². The van der Waals surface area contributed by atoms with Crippen LogP contribution in [0.25, 0.3) is 0 Å². The van der Waals surface area contributed by atoms with Gasteiger partial charge in [-0.2, -0.15) is 5.26 Å². The van der Waals surface area contributed by atoms with Crippen LogP contribution in [-0.2, 0) is 4.79 Å². The van der Waals surface area contributed by atoms with E-state index in [0.29, 0.717) is 10.7 Å². The molecule has 0 heterocycles. The molecule has 0 radical (unpaired) electrons. The molecule has 2 N–H and O–H groups in total. The number of hydrogen-bond acceptors (Lipinski definition) is 3. The summed E-state index contributed by atoms with van der Waals surface area (Å²) in [6.07, 6.45) is 1.36. The van der Waals surface area contributed by atoms with Gasteiger partial charge in [-0.15, -0.1) is 0 Å². The first-order valence-electron chi connectivity index (χ1n) is 6.28. The molecule has 0 saturated carbocycles. The lowest BCUT2D eigenvalue weighted by Gasteiger charge is -2.05. The summed E-state index contributed by atoms with van der Waals surface area (Å²) < 4.78 is 0.908. The average Bonchev–Trinajstić information content (AvgIpc) is 2.52. The van der Waals surface area contributed by atoms with Crippen molar-refractivity contribution in [1.29, 1.82) is 5.26 Å². The average molecular weight is 377 g/mol. The van der Waals surface area contributed by atoms with Gasteiger partial charge in [0.25, 0.3) is 5.91 Å². The van der Waals surface area contributed by atoms with Crippen LogP contribution in [0, 0.1) is 11.3 Å². The molecule has 0 saturated heterocycles. The smallest absolute Gasteiger partial charge is 0.267 e. The molecule has 0 bridgehead atoms. The SMILES string of the molecule is N#C/C(=C/Nc1ccc(Cl)cc1)C(=O)Nc1ccc(Br)cc1. The number of amides is 1. The second-order valence-corrected chi connectivity index (χ2v) is 5.63. The largest absolute Gasteiger partial charge is 0.360 e. The van der Waals surface area contributed by atoms with Gasteiger partial charge in [-0.1, -0.05) is 27.5 Å². The van der Waals surface area contributed by atoms with E-state index in [-0.39, 0.29) is 5.57 Å². The van der Waals surface area contributed by atoms with Crippen molar-refractivity contribution < 1.29 is 4.79 Å². The van der Waals surface area contributed by atoms with Crippen LogP contribution in [0.3, 0.4) is 0 Å². The van der Waals surface area contributed by atoms with E-state index in [2.05, 4.69) is 26.6 Å². The Morgan fingerprint density at radius 2 is 1.68 bits per heavy atom. The second-order valence-electron chi connectivity index (χ2n) is 4.28. The molecule has 2 aromatic carbocycles. The highest BCUT2D eigenvalue weighted by Crippen LogP contribution is 2.16. The van der Waals surface area contributed by atoms with E-state index in [1.807, 2.05) is 6.07 Å². The summed E-state index contributed by atoms with van der Waals surface area (Å²) in [5, 5.41) is 15.2. The van der Waals surface area contributed by atoms with Crippen LogP contribution in [0.1, 0.15) is 0 Å². The van der Waals surface area contributed by atoms with Gasteiger partial charge in [-0.25, -0.2) is 0 Å². The maximum Gasteiger partial charge on any atom is 0.267 e. The zero-order chi connectivity index (χ0) is 15.9. The minimum absolute atomic E-state index is 0.0298. The maximum atomic E-state index is 12.0. The molecular weight excluding hydrogens is 366 g/mol. The number of rotatable bonds is 4. The molecule has 110 valence electrons. The fraction of sp³-hybridized carbons (Fsp3) is 0. The number of halogens is 2. The molecule has 1 amide bonds. The highest BCUT2D eigenvalue weighted by Gasteiger charge is 2.09. The Kier molecular flexibility index (Phi) is 5.59. The molecule has 0 fully saturated rings. The standard InChI is InChI=1S/C16H11BrClN3O/c17-12-1-5-15(6-2-12)21-16(22)11(9-19)10-20-14-7-3-13(18)4-8-14/h1-8,10,20H,(H,21,22)/b11-10-. The molecule has 4 nitrogen and oxygen atoms in total. The molecule has 2 aromatic rings. The lowest BCUT2D eigenvalue weighted by atomic mass is 10.2. The summed E-state index contributed by atoms with van der Waals surface area (Å²) in [7, 11) is 0. The molecule has 0 aromatic heterocycles. The molecule has 0 aliphatic heterocycles.